The van der Waals surface area contributed by atoms with Crippen molar-refractivity contribution in [3.05, 3.63) is 35.7 Å². The second-order valence-corrected chi connectivity index (χ2v) is 6.71. The molecule has 1 atom stereocenters. The average Bonchev–Trinajstić information content (AvgIpc) is 3.33. The highest BCUT2D eigenvalue weighted by Crippen LogP contribution is 2.17. The molecule has 8 nitrogen and oxygen atoms in total. The zero-order valence-corrected chi connectivity index (χ0v) is 14.5. The van der Waals surface area contributed by atoms with Crippen LogP contribution in [-0.4, -0.2) is 62.5 Å². The van der Waals surface area contributed by atoms with E-state index in [0.29, 0.717) is 18.2 Å². The number of amides is 1. The van der Waals surface area contributed by atoms with Crippen LogP contribution >= 0.6 is 0 Å². The van der Waals surface area contributed by atoms with E-state index in [4.69, 9.17) is 4.74 Å². The van der Waals surface area contributed by atoms with Crippen LogP contribution in [0, 0.1) is 0 Å². The molecule has 1 N–H and O–H groups in total. The summed E-state index contributed by atoms with van der Waals surface area (Å²) in [6.07, 6.45) is 7.23. The molecule has 1 fully saturated rings. The fourth-order valence-electron chi connectivity index (χ4n) is 3.64. The molecule has 8 heteroatoms. The van der Waals surface area contributed by atoms with Gasteiger partial charge in [-0.2, -0.15) is 5.10 Å². The van der Waals surface area contributed by atoms with Gasteiger partial charge in [0.2, 0.25) is 0 Å². The van der Waals surface area contributed by atoms with Gasteiger partial charge < -0.3 is 14.6 Å². The van der Waals surface area contributed by atoms with Crippen molar-refractivity contribution in [3.63, 3.8) is 0 Å². The molecule has 0 unspecified atom stereocenters. The third kappa shape index (κ3) is 3.45. The standard InChI is InChI=1S/C17H24N6O2/c1-21-11-13(8-20-21)17(24)19-10-15-9-18-16-2-4-22(5-6-23(15)16)14-3-7-25-12-14/h8-9,11,14H,2-7,10,12H2,1H3,(H,19,24)/t14-/m0/s1. The summed E-state index contributed by atoms with van der Waals surface area (Å²) in [5, 5.41) is 7.00. The molecule has 0 radical (unpaired) electrons. The largest absolute Gasteiger partial charge is 0.380 e. The van der Waals surface area contributed by atoms with E-state index >= 15 is 0 Å². The second kappa shape index (κ2) is 6.97. The first kappa shape index (κ1) is 16.3. The molecule has 0 spiro atoms. The molecule has 2 aliphatic rings. The number of carbonyl (C=O) groups excluding carboxylic acids is 1. The van der Waals surface area contributed by atoms with Crippen LogP contribution in [0.1, 0.15) is 28.3 Å². The van der Waals surface area contributed by atoms with Crippen molar-refractivity contribution in [2.75, 3.05) is 26.3 Å². The molecule has 4 rings (SSSR count). The Morgan fingerprint density at radius 3 is 3.04 bits per heavy atom. The molecule has 0 saturated carbocycles. The van der Waals surface area contributed by atoms with Crippen LogP contribution in [0.15, 0.2) is 18.6 Å². The Kier molecular flexibility index (Phi) is 4.54. The molecule has 0 aliphatic carbocycles. The molecule has 1 saturated heterocycles. The Morgan fingerprint density at radius 1 is 1.36 bits per heavy atom. The average molecular weight is 344 g/mol. The van der Waals surface area contributed by atoms with Gasteiger partial charge in [-0.25, -0.2) is 4.98 Å². The molecule has 1 amide bonds. The van der Waals surface area contributed by atoms with E-state index in [9.17, 15) is 4.79 Å². The Labute approximate surface area is 146 Å². The molecule has 2 aliphatic heterocycles. The lowest BCUT2D eigenvalue weighted by Crippen LogP contribution is -2.37. The maximum Gasteiger partial charge on any atom is 0.254 e. The SMILES string of the molecule is Cn1cc(C(=O)NCc2cnc3n2CCN([C@H]2CCOC2)CC3)cn1. The summed E-state index contributed by atoms with van der Waals surface area (Å²) in [6, 6.07) is 0.540. The van der Waals surface area contributed by atoms with Crippen LogP contribution in [0.4, 0.5) is 0 Å². The van der Waals surface area contributed by atoms with Crippen LogP contribution < -0.4 is 5.32 Å². The minimum atomic E-state index is -0.109. The maximum absolute atomic E-state index is 12.2. The molecule has 2 aromatic heterocycles. The highest BCUT2D eigenvalue weighted by molar-refractivity contribution is 5.93. The van der Waals surface area contributed by atoms with Crippen LogP contribution in [0.2, 0.25) is 0 Å². The summed E-state index contributed by atoms with van der Waals surface area (Å²) in [6.45, 7) is 5.12. The lowest BCUT2D eigenvalue weighted by atomic mass is 10.2. The molecule has 2 aromatic rings. The lowest BCUT2D eigenvalue weighted by Gasteiger charge is -2.25. The number of ether oxygens (including phenoxy) is 1. The van der Waals surface area contributed by atoms with Gasteiger partial charge in [0.05, 0.1) is 36.8 Å². The first-order valence-electron chi connectivity index (χ1n) is 8.82. The van der Waals surface area contributed by atoms with Crippen molar-refractivity contribution in [2.45, 2.75) is 32.0 Å². The number of aromatic nitrogens is 4. The van der Waals surface area contributed by atoms with Crippen LogP contribution in [-0.2, 0) is 31.3 Å². The van der Waals surface area contributed by atoms with E-state index < -0.39 is 0 Å². The topological polar surface area (TPSA) is 77.2 Å². The quantitative estimate of drug-likeness (QED) is 0.857. The Balaban J connectivity index is 1.39. The monoisotopic (exact) mass is 344 g/mol. The highest BCUT2D eigenvalue weighted by Gasteiger charge is 2.26. The van der Waals surface area contributed by atoms with E-state index in [1.54, 1.807) is 24.1 Å². The Morgan fingerprint density at radius 2 is 2.28 bits per heavy atom. The third-order valence-electron chi connectivity index (χ3n) is 5.07. The summed E-state index contributed by atoms with van der Waals surface area (Å²) < 4.78 is 9.40. The van der Waals surface area contributed by atoms with Crippen LogP contribution in [0.5, 0.6) is 0 Å². The van der Waals surface area contributed by atoms with Crippen molar-refractivity contribution >= 4 is 5.91 Å². The van der Waals surface area contributed by atoms with Gasteiger partial charge in [-0.05, 0) is 6.42 Å². The van der Waals surface area contributed by atoms with Crippen molar-refractivity contribution < 1.29 is 9.53 Å². The van der Waals surface area contributed by atoms with E-state index in [1.165, 1.54) is 0 Å². The third-order valence-corrected chi connectivity index (χ3v) is 5.07. The minimum absolute atomic E-state index is 0.109. The second-order valence-electron chi connectivity index (χ2n) is 6.71. The highest BCUT2D eigenvalue weighted by atomic mass is 16.5. The van der Waals surface area contributed by atoms with Crippen molar-refractivity contribution in [1.82, 2.24) is 29.5 Å². The first-order chi connectivity index (χ1) is 12.2. The van der Waals surface area contributed by atoms with E-state index in [0.717, 1.165) is 57.2 Å². The first-order valence-corrected chi connectivity index (χ1v) is 8.82. The van der Waals surface area contributed by atoms with Gasteiger partial charge in [0.1, 0.15) is 5.82 Å². The summed E-state index contributed by atoms with van der Waals surface area (Å²) >= 11 is 0. The van der Waals surface area contributed by atoms with E-state index in [-0.39, 0.29) is 5.91 Å². The summed E-state index contributed by atoms with van der Waals surface area (Å²) in [4.78, 5) is 19.3. The number of imidazole rings is 1. The fourth-order valence-corrected chi connectivity index (χ4v) is 3.64. The van der Waals surface area contributed by atoms with Crippen molar-refractivity contribution in [2.24, 2.45) is 7.05 Å². The van der Waals surface area contributed by atoms with E-state index in [2.05, 4.69) is 24.9 Å². The van der Waals surface area contributed by atoms with Crippen molar-refractivity contribution in [1.29, 1.82) is 0 Å². The Bertz CT molecular complexity index is 746. The molecular weight excluding hydrogens is 320 g/mol. The molecule has 25 heavy (non-hydrogen) atoms. The minimum Gasteiger partial charge on any atom is -0.380 e. The number of nitrogens with zero attached hydrogens (tertiary/aromatic N) is 5. The molecule has 0 bridgehead atoms. The molecule has 4 heterocycles. The molecular formula is C17H24N6O2. The Hall–Kier alpha value is -2.19. The number of nitrogens with one attached hydrogen (secondary N) is 1. The maximum atomic E-state index is 12.2. The number of carbonyl (C=O) groups is 1. The molecule has 0 aromatic carbocycles. The van der Waals surface area contributed by atoms with E-state index in [1.807, 2.05) is 6.20 Å². The van der Waals surface area contributed by atoms with Crippen LogP contribution in [0.25, 0.3) is 0 Å². The van der Waals surface area contributed by atoms with Crippen molar-refractivity contribution in [3.8, 4) is 0 Å². The summed E-state index contributed by atoms with van der Waals surface area (Å²) in [5.74, 6) is 0.994. The van der Waals surface area contributed by atoms with Gasteiger partial charge in [0.15, 0.2) is 0 Å². The van der Waals surface area contributed by atoms with Gasteiger partial charge in [-0.1, -0.05) is 0 Å². The smallest absolute Gasteiger partial charge is 0.254 e. The number of hydrogen-bond acceptors (Lipinski definition) is 5. The zero-order valence-electron chi connectivity index (χ0n) is 14.5. The predicted octanol–water partition coefficient (Wildman–Crippen LogP) is 0.194. The van der Waals surface area contributed by atoms with Crippen LogP contribution in [0.3, 0.4) is 0 Å². The van der Waals surface area contributed by atoms with Gasteiger partial charge in [-0.3, -0.25) is 14.4 Å². The number of rotatable bonds is 4. The van der Waals surface area contributed by atoms with Gasteiger partial charge >= 0.3 is 0 Å². The summed E-state index contributed by atoms with van der Waals surface area (Å²) in [7, 11) is 1.80. The van der Waals surface area contributed by atoms with Gasteiger partial charge in [-0.15, -0.1) is 0 Å². The van der Waals surface area contributed by atoms with Gasteiger partial charge in [0.25, 0.3) is 5.91 Å². The number of hydrogen-bond donors (Lipinski definition) is 1. The number of aryl methyl sites for hydroxylation is 1. The number of fused-ring (bicyclic) bond motifs is 1. The van der Waals surface area contributed by atoms with Gasteiger partial charge in [0, 0.05) is 51.9 Å². The predicted molar refractivity (Wildman–Crippen MR) is 91.1 cm³/mol. The lowest BCUT2D eigenvalue weighted by molar-refractivity contribution is 0.0950. The molecule has 134 valence electrons. The normalized spacial score (nSPS) is 21.1. The zero-order chi connectivity index (χ0) is 17.2. The fraction of sp³-hybridized carbons (Fsp3) is 0.588. The summed E-state index contributed by atoms with van der Waals surface area (Å²) in [5.41, 5.74) is 1.63.